The molecule has 2 N–H and O–H groups in total. The quantitative estimate of drug-likeness (QED) is 0.868. The fraction of sp³-hybridized carbons (Fsp3) is 0.375. The van der Waals surface area contributed by atoms with E-state index in [0.29, 0.717) is 31.3 Å². The van der Waals surface area contributed by atoms with Crippen molar-refractivity contribution in [2.45, 2.75) is 6.54 Å². The van der Waals surface area contributed by atoms with E-state index < -0.39 is 0 Å². The number of para-hydroxylation sites is 1. The molecule has 0 radical (unpaired) electrons. The molecule has 0 atom stereocenters. The Labute approximate surface area is 134 Å². The van der Waals surface area contributed by atoms with Crippen molar-refractivity contribution in [2.75, 3.05) is 43.6 Å². The van der Waals surface area contributed by atoms with E-state index in [2.05, 4.69) is 20.2 Å². The van der Waals surface area contributed by atoms with Gasteiger partial charge in [0.05, 0.1) is 20.3 Å². The summed E-state index contributed by atoms with van der Waals surface area (Å²) in [5.41, 5.74) is 0.746. The SMILES string of the molecule is COc1cccc(CNc2cc(N3CCOCC3)ncn2)c1O. The van der Waals surface area contributed by atoms with Gasteiger partial charge in [0.15, 0.2) is 11.5 Å². The molecule has 1 fully saturated rings. The van der Waals surface area contributed by atoms with Gasteiger partial charge in [-0.2, -0.15) is 0 Å². The number of benzene rings is 1. The number of nitrogens with one attached hydrogen (secondary N) is 1. The first kappa shape index (κ1) is 15.4. The van der Waals surface area contributed by atoms with Crippen LogP contribution in [-0.2, 0) is 11.3 Å². The molecule has 23 heavy (non-hydrogen) atoms. The van der Waals surface area contributed by atoms with Gasteiger partial charge in [-0.15, -0.1) is 0 Å². The van der Waals surface area contributed by atoms with E-state index >= 15 is 0 Å². The van der Waals surface area contributed by atoms with Crippen LogP contribution in [0, 0.1) is 0 Å². The van der Waals surface area contributed by atoms with Crippen LogP contribution in [0.4, 0.5) is 11.6 Å². The Kier molecular flexibility index (Phi) is 4.77. The molecule has 2 aromatic rings. The molecule has 0 unspecified atom stereocenters. The first-order valence-electron chi connectivity index (χ1n) is 7.51. The zero-order valence-electron chi connectivity index (χ0n) is 13.0. The van der Waals surface area contributed by atoms with Crippen LogP contribution in [0.1, 0.15) is 5.56 Å². The van der Waals surface area contributed by atoms with E-state index in [1.165, 1.54) is 7.11 Å². The van der Waals surface area contributed by atoms with Gasteiger partial charge in [0.25, 0.3) is 0 Å². The minimum Gasteiger partial charge on any atom is -0.504 e. The van der Waals surface area contributed by atoms with Crippen molar-refractivity contribution in [3.05, 3.63) is 36.2 Å². The minimum absolute atomic E-state index is 0.143. The third kappa shape index (κ3) is 3.62. The number of ether oxygens (including phenoxy) is 2. The third-order valence-electron chi connectivity index (χ3n) is 3.75. The zero-order chi connectivity index (χ0) is 16.1. The first-order valence-corrected chi connectivity index (χ1v) is 7.51. The molecule has 0 saturated carbocycles. The van der Waals surface area contributed by atoms with Gasteiger partial charge in [-0.25, -0.2) is 9.97 Å². The predicted molar refractivity (Wildman–Crippen MR) is 87.0 cm³/mol. The number of aromatic nitrogens is 2. The summed E-state index contributed by atoms with van der Waals surface area (Å²) in [7, 11) is 1.53. The van der Waals surface area contributed by atoms with Crippen LogP contribution >= 0.6 is 0 Å². The summed E-state index contributed by atoms with van der Waals surface area (Å²) in [4.78, 5) is 10.7. The number of hydrogen-bond donors (Lipinski definition) is 2. The molecule has 1 saturated heterocycles. The van der Waals surface area contributed by atoms with E-state index in [9.17, 15) is 5.11 Å². The van der Waals surface area contributed by atoms with E-state index in [-0.39, 0.29) is 5.75 Å². The summed E-state index contributed by atoms with van der Waals surface area (Å²) >= 11 is 0. The number of aromatic hydroxyl groups is 1. The number of anilines is 2. The predicted octanol–water partition coefficient (Wildman–Crippen LogP) is 1.64. The highest BCUT2D eigenvalue weighted by atomic mass is 16.5. The number of phenolic OH excluding ortho intramolecular Hbond substituents is 1. The van der Waals surface area contributed by atoms with Gasteiger partial charge in [0, 0.05) is 31.3 Å². The molecular weight excluding hydrogens is 296 g/mol. The Morgan fingerprint density at radius 2 is 2.13 bits per heavy atom. The van der Waals surface area contributed by atoms with Gasteiger partial charge in [-0.3, -0.25) is 0 Å². The maximum Gasteiger partial charge on any atom is 0.162 e. The molecular formula is C16H20N4O3. The highest BCUT2D eigenvalue weighted by Crippen LogP contribution is 2.29. The third-order valence-corrected chi connectivity index (χ3v) is 3.75. The van der Waals surface area contributed by atoms with Crippen LogP contribution in [-0.4, -0.2) is 48.5 Å². The fourth-order valence-corrected chi connectivity index (χ4v) is 2.47. The van der Waals surface area contributed by atoms with Gasteiger partial charge in [0.2, 0.25) is 0 Å². The molecule has 122 valence electrons. The van der Waals surface area contributed by atoms with Gasteiger partial charge in [-0.05, 0) is 6.07 Å². The largest absolute Gasteiger partial charge is 0.504 e. The van der Waals surface area contributed by atoms with Crippen LogP contribution in [0.3, 0.4) is 0 Å². The zero-order valence-corrected chi connectivity index (χ0v) is 13.0. The highest BCUT2D eigenvalue weighted by molar-refractivity contribution is 5.51. The second-order valence-electron chi connectivity index (χ2n) is 5.18. The Bertz CT molecular complexity index is 660. The lowest BCUT2D eigenvalue weighted by Crippen LogP contribution is -2.36. The number of methoxy groups -OCH3 is 1. The normalized spacial score (nSPS) is 14.6. The molecule has 1 aromatic heterocycles. The second kappa shape index (κ2) is 7.15. The second-order valence-corrected chi connectivity index (χ2v) is 5.18. The molecule has 1 aliphatic rings. The number of hydrogen-bond acceptors (Lipinski definition) is 7. The average molecular weight is 316 g/mol. The molecule has 7 nitrogen and oxygen atoms in total. The lowest BCUT2D eigenvalue weighted by Gasteiger charge is -2.27. The van der Waals surface area contributed by atoms with Crippen molar-refractivity contribution in [2.24, 2.45) is 0 Å². The maximum absolute atomic E-state index is 10.1. The van der Waals surface area contributed by atoms with Crippen molar-refractivity contribution in [3.8, 4) is 11.5 Å². The van der Waals surface area contributed by atoms with Crippen LogP contribution in [0.15, 0.2) is 30.6 Å². The highest BCUT2D eigenvalue weighted by Gasteiger charge is 2.13. The topological polar surface area (TPSA) is 79.7 Å². The Balaban J connectivity index is 1.69. The Morgan fingerprint density at radius 1 is 1.30 bits per heavy atom. The van der Waals surface area contributed by atoms with Crippen LogP contribution in [0.2, 0.25) is 0 Å². The molecule has 1 aromatic carbocycles. The van der Waals surface area contributed by atoms with Gasteiger partial charge >= 0.3 is 0 Å². The average Bonchev–Trinajstić information content (AvgIpc) is 2.62. The van der Waals surface area contributed by atoms with Crippen LogP contribution < -0.4 is 15.0 Å². The molecule has 0 spiro atoms. The maximum atomic E-state index is 10.1. The molecule has 3 rings (SSSR count). The van der Waals surface area contributed by atoms with Gasteiger partial charge in [-0.1, -0.05) is 12.1 Å². The Morgan fingerprint density at radius 3 is 2.91 bits per heavy atom. The van der Waals surface area contributed by atoms with Crippen molar-refractivity contribution < 1.29 is 14.6 Å². The summed E-state index contributed by atoms with van der Waals surface area (Å²) in [6, 6.07) is 7.31. The number of rotatable bonds is 5. The smallest absolute Gasteiger partial charge is 0.162 e. The minimum atomic E-state index is 0.143. The summed E-state index contributed by atoms with van der Waals surface area (Å²) in [6.45, 7) is 3.53. The van der Waals surface area contributed by atoms with Gasteiger partial charge in [0.1, 0.15) is 18.0 Å². The molecule has 7 heteroatoms. The molecule has 2 heterocycles. The number of morpholine rings is 1. The fourth-order valence-electron chi connectivity index (χ4n) is 2.47. The van der Waals surface area contributed by atoms with Crippen LogP contribution in [0.25, 0.3) is 0 Å². The number of nitrogens with zero attached hydrogens (tertiary/aromatic N) is 3. The number of phenols is 1. The lowest BCUT2D eigenvalue weighted by molar-refractivity contribution is 0.122. The standard InChI is InChI=1S/C16H20N4O3/c1-22-13-4-2-3-12(16(13)21)10-17-14-9-15(19-11-18-14)20-5-7-23-8-6-20/h2-4,9,11,21H,5-8,10H2,1H3,(H,17,18,19). The summed E-state index contributed by atoms with van der Waals surface area (Å²) < 4.78 is 10.5. The molecule has 0 aliphatic carbocycles. The van der Waals surface area contributed by atoms with E-state index in [1.807, 2.05) is 18.2 Å². The van der Waals surface area contributed by atoms with Crippen molar-refractivity contribution >= 4 is 11.6 Å². The van der Waals surface area contributed by atoms with Gasteiger partial charge < -0.3 is 24.8 Å². The van der Waals surface area contributed by atoms with E-state index in [0.717, 1.165) is 24.5 Å². The van der Waals surface area contributed by atoms with Crippen molar-refractivity contribution in [3.63, 3.8) is 0 Å². The van der Waals surface area contributed by atoms with Crippen molar-refractivity contribution in [1.29, 1.82) is 0 Å². The first-order chi connectivity index (χ1) is 11.3. The Hall–Kier alpha value is -2.54. The molecule has 0 amide bonds. The van der Waals surface area contributed by atoms with E-state index in [1.54, 1.807) is 12.4 Å². The van der Waals surface area contributed by atoms with Crippen LogP contribution in [0.5, 0.6) is 11.5 Å². The summed E-state index contributed by atoms with van der Waals surface area (Å²) in [6.07, 6.45) is 1.54. The molecule has 1 aliphatic heterocycles. The summed E-state index contributed by atoms with van der Waals surface area (Å²) in [5, 5.41) is 13.3. The van der Waals surface area contributed by atoms with Crippen molar-refractivity contribution in [1.82, 2.24) is 9.97 Å². The van der Waals surface area contributed by atoms with E-state index in [4.69, 9.17) is 9.47 Å². The lowest BCUT2D eigenvalue weighted by atomic mass is 10.2. The monoisotopic (exact) mass is 316 g/mol. The molecule has 0 bridgehead atoms. The summed E-state index contributed by atoms with van der Waals surface area (Å²) in [5.74, 6) is 2.19.